The Labute approximate surface area is 75.3 Å². The molecule has 70 valence electrons. The number of nitrogens with zero attached hydrogens (tertiary/aromatic N) is 1. The molecule has 0 radical (unpaired) electrons. The van der Waals surface area contributed by atoms with Gasteiger partial charge < -0.3 is 5.32 Å². The van der Waals surface area contributed by atoms with Gasteiger partial charge in [0.15, 0.2) is 0 Å². The average Bonchev–Trinajstić information content (AvgIpc) is 2.60. The Morgan fingerprint density at radius 1 is 1.25 bits per heavy atom. The summed E-state index contributed by atoms with van der Waals surface area (Å²) in [5.41, 5.74) is 0. The molecular weight excluding hydrogens is 148 g/mol. The third kappa shape index (κ3) is 1.17. The first-order valence-electron chi connectivity index (χ1n) is 5.13. The molecule has 1 N–H and O–H groups in total. The van der Waals surface area contributed by atoms with Crippen LogP contribution in [0.4, 0.5) is 0 Å². The van der Waals surface area contributed by atoms with E-state index in [0.717, 1.165) is 24.0 Å². The maximum atomic E-state index is 3.54. The van der Waals surface area contributed by atoms with E-state index in [-0.39, 0.29) is 0 Å². The van der Waals surface area contributed by atoms with Gasteiger partial charge in [-0.1, -0.05) is 13.8 Å². The van der Waals surface area contributed by atoms with Crippen LogP contribution in [0.2, 0.25) is 0 Å². The van der Waals surface area contributed by atoms with Crippen LogP contribution in [0.3, 0.4) is 0 Å². The lowest BCUT2D eigenvalue weighted by Crippen LogP contribution is -2.44. The largest absolute Gasteiger partial charge is 0.305 e. The summed E-state index contributed by atoms with van der Waals surface area (Å²) < 4.78 is 0. The van der Waals surface area contributed by atoms with Crippen molar-refractivity contribution in [3.8, 4) is 0 Å². The van der Waals surface area contributed by atoms with Gasteiger partial charge in [0.05, 0.1) is 0 Å². The summed E-state index contributed by atoms with van der Waals surface area (Å²) in [5.74, 6) is 0.789. The van der Waals surface area contributed by atoms with Gasteiger partial charge >= 0.3 is 0 Å². The molecule has 0 aromatic carbocycles. The van der Waals surface area contributed by atoms with Crippen molar-refractivity contribution in [1.82, 2.24) is 10.2 Å². The fourth-order valence-electron chi connectivity index (χ4n) is 2.60. The first-order chi connectivity index (χ1) is 5.61. The molecule has 0 saturated carbocycles. The number of fused-ring (bicyclic) bond motifs is 1. The van der Waals surface area contributed by atoms with Gasteiger partial charge in [-0.3, -0.25) is 4.90 Å². The summed E-state index contributed by atoms with van der Waals surface area (Å²) in [4.78, 5) is 2.65. The zero-order valence-corrected chi connectivity index (χ0v) is 8.54. The van der Waals surface area contributed by atoms with E-state index >= 15 is 0 Å². The molecule has 2 saturated heterocycles. The number of nitrogens with one attached hydrogen (secondary N) is 1. The number of hydrogen-bond acceptors (Lipinski definition) is 2. The van der Waals surface area contributed by atoms with E-state index in [1.807, 2.05) is 0 Å². The van der Waals surface area contributed by atoms with E-state index in [0.29, 0.717) is 6.04 Å². The highest BCUT2D eigenvalue weighted by Crippen LogP contribution is 2.34. The normalized spacial score (nSPS) is 41.0. The second kappa shape index (κ2) is 2.71. The molecule has 2 heterocycles. The number of rotatable bonds is 2. The molecule has 3 atom stereocenters. The fraction of sp³-hybridized carbons (Fsp3) is 1.00. The molecule has 0 amide bonds. The van der Waals surface area contributed by atoms with Gasteiger partial charge in [0, 0.05) is 30.7 Å². The minimum atomic E-state index is 0.715. The van der Waals surface area contributed by atoms with Gasteiger partial charge in [-0.05, 0) is 19.8 Å². The summed E-state index contributed by atoms with van der Waals surface area (Å²) in [6, 6.07) is 3.13. The van der Waals surface area contributed by atoms with Gasteiger partial charge in [-0.2, -0.15) is 0 Å². The van der Waals surface area contributed by atoms with Crippen LogP contribution in [0.5, 0.6) is 0 Å². The molecule has 2 fully saturated rings. The lowest BCUT2D eigenvalue weighted by atomic mass is 10.0. The van der Waals surface area contributed by atoms with Crippen molar-refractivity contribution in [2.24, 2.45) is 5.92 Å². The molecule has 2 nitrogen and oxygen atoms in total. The predicted octanol–water partition coefficient (Wildman–Crippen LogP) is 1.08. The van der Waals surface area contributed by atoms with Crippen molar-refractivity contribution in [3.05, 3.63) is 0 Å². The van der Waals surface area contributed by atoms with Crippen LogP contribution in [0.15, 0.2) is 0 Å². The van der Waals surface area contributed by atoms with Gasteiger partial charge in [-0.15, -0.1) is 0 Å². The molecule has 2 aliphatic heterocycles. The summed E-state index contributed by atoms with van der Waals surface area (Å²) in [7, 11) is 0. The van der Waals surface area contributed by atoms with Crippen molar-refractivity contribution < 1.29 is 0 Å². The van der Waals surface area contributed by atoms with Gasteiger partial charge in [0.2, 0.25) is 0 Å². The van der Waals surface area contributed by atoms with Crippen LogP contribution >= 0.6 is 0 Å². The second-order valence-corrected chi connectivity index (χ2v) is 4.82. The molecule has 12 heavy (non-hydrogen) atoms. The van der Waals surface area contributed by atoms with E-state index in [1.165, 1.54) is 6.54 Å². The highest BCUT2D eigenvalue weighted by atomic mass is 15.4. The minimum absolute atomic E-state index is 0.715. The molecular formula is C10H20N2. The average molecular weight is 168 g/mol. The third-order valence-electron chi connectivity index (χ3n) is 3.24. The van der Waals surface area contributed by atoms with Crippen molar-refractivity contribution in [2.45, 2.75) is 51.9 Å². The Morgan fingerprint density at radius 2 is 1.92 bits per heavy atom. The molecule has 0 aliphatic carbocycles. The lowest BCUT2D eigenvalue weighted by Gasteiger charge is -2.33. The second-order valence-electron chi connectivity index (χ2n) is 4.82. The highest BCUT2D eigenvalue weighted by Gasteiger charge is 2.53. The van der Waals surface area contributed by atoms with Crippen LogP contribution in [-0.4, -0.2) is 35.6 Å². The Morgan fingerprint density at radius 3 is 2.33 bits per heavy atom. The van der Waals surface area contributed by atoms with Crippen molar-refractivity contribution >= 4 is 0 Å². The summed E-state index contributed by atoms with van der Waals surface area (Å²) in [6.45, 7) is 10.6. The summed E-state index contributed by atoms with van der Waals surface area (Å²) in [6.07, 6.45) is 0. The van der Waals surface area contributed by atoms with E-state index in [4.69, 9.17) is 0 Å². The maximum Gasteiger partial charge on any atom is 0.0396 e. The van der Waals surface area contributed by atoms with Crippen LogP contribution in [0, 0.1) is 5.92 Å². The maximum absolute atomic E-state index is 3.54. The minimum Gasteiger partial charge on any atom is -0.305 e. The zero-order chi connectivity index (χ0) is 8.88. The Bertz CT molecular complexity index is 177. The van der Waals surface area contributed by atoms with Crippen LogP contribution in [0.1, 0.15) is 27.7 Å². The van der Waals surface area contributed by atoms with Crippen molar-refractivity contribution in [2.75, 3.05) is 6.54 Å². The van der Waals surface area contributed by atoms with Crippen molar-refractivity contribution in [1.29, 1.82) is 0 Å². The Balaban J connectivity index is 2.06. The lowest BCUT2D eigenvalue weighted by molar-refractivity contribution is 0.146. The number of hydrogen-bond donors (Lipinski definition) is 1. The summed E-state index contributed by atoms with van der Waals surface area (Å²) in [5, 5.41) is 3.54. The molecule has 2 aliphatic rings. The monoisotopic (exact) mass is 168 g/mol. The molecule has 0 spiro atoms. The number of likely N-dealkylation sites (tertiary alicyclic amines) is 1. The first-order valence-corrected chi connectivity index (χ1v) is 5.13. The quantitative estimate of drug-likeness (QED) is 0.624. The summed E-state index contributed by atoms with van der Waals surface area (Å²) >= 11 is 0. The van der Waals surface area contributed by atoms with E-state index in [2.05, 4.69) is 37.9 Å². The topological polar surface area (TPSA) is 25.2 Å². The molecule has 3 unspecified atom stereocenters. The van der Waals surface area contributed by atoms with E-state index in [9.17, 15) is 0 Å². The molecule has 0 bridgehead atoms. The predicted molar refractivity (Wildman–Crippen MR) is 51.2 cm³/mol. The SMILES string of the molecule is CC(C)C1C2NC2CN1C(C)C. The molecule has 0 aromatic rings. The van der Waals surface area contributed by atoms with E-state index in [1.54, 1.807) is 0 Å². The van der Waals surface area contributed by atoms with Crippen LogP contribution in [-0.2, 0) is 0 Å². The first kappa shape index (κ1) is 8.52. The van der Waals surface area contributed by atoms with Crippen molar-refractivity contribution in [3.63, 3.8) is 0 Å². The smallest absolute Gasteiger partial charge is 0.0396 e. The zero-order valence-electron chi connectivity index (χ0n) is 8.54. The third-order valence-corrected chi connectivity index (χ3v) is 3.24. The van der Waals surface area contributed by atoms with Crippen LogP contribution < -0.4 is 5.32 Å². The van der Waals surface area contributed by atoms with Gasteiger partial charge in [-0.25, -0.2) is 0 Å². The Hall–Kier alpha value is -0.0800. The Kier molecular flexibility index (Phi) is 1.92. The van der Waals surface area contributed by atoms with Crippen LogP contribution in [0.25, 0.3) is 0 Å². The highest BCUT2D eigenvalue weighted by molar-refractivity contribution is 5.14. The molecule has 0 aromatic heterocycles. The standard InChI is InChI=1S/C10H20N2/c1-6(2)10-9-8(11-9)5-12(10)7(3)4/h6-11H,5H2,1-4H3. The van der Waals surface area contributed by atoms with Gasteiger partial charge in [0.1, 0.15) is 0 Å². The molecule has 2 heteroatoms. The fourth-order valence-corrected chi connectivity index (χ4v) is 2.60. The van der Waals surface area contributed by atoms with E-state index < -0.39 is 0 Å². The van der Waals surface area contributed by atoms with Gasteiger partial charge in [0.25, 0.3) is 0 Å². The number of piperazine rings is 1. The molecule has 2 rings (SSSR count).